The molecule has 0 aliphatic carbocycles. The summed E-state index contributed by atoms with van der Waals surface area (Å²) in [6, 6.07) is 0. The number of nitrogens with one attached hydrogen (secondary N) is 1. The fourth-order valence-electron chi connectivity index (χ4n) is 1.76. The van der Waals surface area contributed by atoms with Crippen LogP contribution in [0.15, 0.2) is 6.20 Å². The SMILES string of the molecule is COC(=O)c1sc(NC(=O)c2cn(C)nc2C(F)(F)F)nc1C. The van der Waals surface area contributed by atoms with Gasteiger partial charge in [0.1, 0.15) is 4.88 Å². The molecule has 2 heterocycles. The monoisotopic (exact) mass is 348 g/mol. The van der Waals surface area contributed by atoms with Crippen molar-refractivity contribution in [3.05, 3.63) is 28.0 Å². The minimum Gasteiger partial charge on any atom is -0.465 e. The van der Waals surface area contributed by atoms with Gasteiger partial charge in [0.2, 0.25) is 0 Å². The summed E-state index contributed by atoms with van der Waals surface area (Å²) in [6.07, 6.45) is -3.80. The Labute approximate surface area is 132 Å². The number of esters is 1. The summed E-state index contributed by atoms with van der Waals surface area (Å²) in [4.78, 5) is 27.6. The van der Waals surface area contributed by atoms with Crippen LogP contribution in [0.4, 0.5) is 18.3 Å². The van der Waals surface area contributed by atoms with Crippen LogP contribution in [0.5, 0.6) is 0 Å². The Balaban J connectivity index is 2.29. The van der Waals surface area contributed by atoms with Gasteiger partial charge in [0, 0.05) is 13.2 Å². The van der Waals surface area contributed by atoms with Gasteiger partial charge in [-0.1, -0.05) is 11.3 Å². The Morgan fingerprint density at radius 2 is 2.04 bits per heavy atom. The van der Waals surface area contributed by atoms with Crippen molar-refractivity contribution in [3.8, 4) is 0 Å². The average molecular weight is 348 g/mol. The highest BCUT2D eigenvalue weighted by Crippen LogP contribution is 2.31. The van der Waals surface area contributed by atoms with Gasteiger partial charge in [-0.05, 0) is 6.92 Å². The molecule has 2 aromatic heterocycles. The maximum atomic E-state index is 12.9. The van der Waals surface area contributed by atoms with E-state index in [4.69, 9.17) is 0 Å². The number of hydrogen-bond donors (Lipinski definition) is 1. The van der Waals surface area contributed by atoms with Crippen molar-refractivity contribution in [2.75, 3.05) is 12.4 Å². The molecule has 0 unspecified atom stereocenters. The smallest absolute Gasteiger partial charge is 0.435 e. The number of halogens is 3. The summed E-state index contributed by atoms with van der Waals surface area (Å²) in [5.74, 6) is -1.66. The van der Waals surface area contributed by atoms with E-state index in [1.807, 2.05) is 0 Å². The van der Waals surface area contributed by atoms with E-state index in [9.17, 15) is 22.8 Å². The summed E-state index contributed by atoms with van der Waals surface area (Å²) in [5.41, 5.74) is -1.62. The minimum absolute atomic E-state index is 0.00937. The van der Waals surface area contributed by atoms with Crippen molar-refractivity contribution in [2.24, 2.45) is 7.05 Å². The molecule has 2 aromatic rings. The van der Waals surface area contributed by atoms with E-state index < -0.39 is 29.3 Å². The van der Waals surface area contributed by atoms with Crippen molar-refractivity contribution >= 4 is 28.3 Å². The first-order chi connectivity index (χ1) is 10.6. The molecular formula is C12H11F3N4O3S. The predicted molar refractivity (Wildman–Crippen MR) is 74.4 cm³/mol. The first kappa shape index (κ1) is 16.9. The topological polar surface area (TPSA) is 86.1 Å². The van der Waals surface area contributed by atoms with Crippen LogP contribution in [0.1, 0.15) is 31.4 Å². The number of amides is 1. The fourth-order valence-corrected chi connectivity index (χ4v) is 2.64. The molecule has 0 spiro atoms. The molecule has 7 nitrogen and oxygen atoms in total. The molecule has 23 heavy (non-hydrogen) atoms. The number of carbonyl (C=O) groups excluding carboxylic acids is 2. The second-order valence-electron chi connectivity index (χ2n) is 4.44. The van der Waals surface area contributed by atoms with E-state index in [1.165, 1.54) is 21.1 Å². The number of rotatable bonds is 3. The highest BCUT2D eigenvalue weighted by Gasteiger charge is 2.39. The number of methoxy groups -OCH3 is 1. The highest BCUT2D eigenvalue weighted by atomic mass is 32.1. The Hall–Kier alpha value is -2.43. The lowest BCUT2D eigenvalue weighted by atomic mass is 10.2. The van der Waals surface area contributed by atoms with Gasteiger partial charge in [-0.25, -0.2) is 9.78 Å². The zero-order chi connectivity index (χ0) is 17.4. The molecular weight excluding hydrogens is 337 g/mol. The van der Waals surface area contributed by atoms with E-state index in [-0.39, 0.29) is 10.0 Å². The summed E-state index contributed by atoms with van der Waals surface area (Å²) in [6.45, 7) is 1.52. The summed E-state index contributed by atoms with van der Waals surface area (Å²) >= 11 is 0.809. The van der Waals surface area contributed by atoms with Crippen molar-refractivity contribution in [2.45, 2.75) is 13.1 Å². The Kier molecular flexibility index (Phi) is 4.41. The molecule has 0 aliphatic rings. The number of anilines is 1. The van der Waals surface area contributed by atoms with Crippen LogP contribution >= 0.6 is 11.3 Å². The zero-order valence-electron chi connectivity index (χ0n) is 12.2. The van der Waals surface area contributed by atoms with Gasteiger partial charge in [0.05, 0.1) is 18.4 Å². The molecule has 1 N–H and O–H groups in total. The summed E-state index contributed by atoms with van der Waals surface area (Å²) in [7, 11) is 2.46. The van der Waals surface area contributed by atoms with E-state index >= 15 is 0 Å². The van der Waals surface area contributed by atoms with Crippen LogP contribution in [0.2, 0.25) is 0 Å². The molecule has 0 fully saturated rings. The molecule has 0 saturated heterocycles. The Morgan fingerprint density at radius 1 is 1.39 bits per heavy atom. The van der Waals surface area contributed by atoms with Crippen molar-refractivity contribution < 1.29 is 27.5 Å². The number of nitrogens with zero attached hydrogens (tertiary/aromatic N) is 3. The van der Waals surface area contributed by atoms with Crippen LogP contribution in [0.25, 0.3) is 0 Å². The zero-order valence-corrected chi connectivity index (χ0v) is 13.0. The van der Waals surface area contributed by atoms with Crippen LogP contribution < -0.4 is 5.32 Å². The Morgan fingerprint density at radius 3 is 2.61 bits per heavy atom. The van der Waals surface area contributed by atoms with Crippen molar-refractivity contribution in [1.82, 2.24) is 14.8 Å². The number of thiazole rings is 1. The second-order valence-corrected chi connectivity index (χ2v) is 5.44. The molecule has 0 atom stereocenters. The van der Waals surface area contributed by atoms with E-state index in [0.717, 1.165) is 22.2 Å². The quantitative estimate of drug-likeness (QED) is 0.860. The summed E-state index contributed by atoms with van der Waals surface area (Å²) < 4.78 is 44.0. The third-order valence-corrected chi connectivity index (χ3v) is 3.78. The van der Waals surface area contributed by atoms with Gasteiger partial charge in [-0.3, -0.25) is 14.8 Å². The molecule has 0 bridgehead atoms. The molecule has 1 amide bonds. The number of carbonyl (C=O) groups is 2. The molecule has 0 radical (unpaired) electrons. The number of alkyl halides is 3. The van der Waals surface area contributed by atoms with Crippen molar-refractivity contribution in [3.63, 3.8) is 0 Å². The van der Waals surface area contributed by atoms with Gasteiger partial charge >= 0.3 is 12.1 Å². The van der Waals surface area contributed by atoms with Crippen LogP contribution in [0.3, 0.4) is 0 Å². The number of ether oxygens (including phenoxy) is 1. The molecule has 2 rings (SSSR count). The normalized spacial score (nSPS) is 11.4. The molecule has 124 valence electrons. The first-order valence-electron chi connectivity index (χ1n) is 6.11. The first-order valence-corrected chi connectivity index (χ1v) is 6.93. The lowest BCUT2D eigenvalue weighted by Crippen LogP contribution is -2.17. The predicted octanol–water partition coefficient (Wildman–Crippen LogP) is 2.24. The largest absolute Gasteiger partial charge is 0.465 e. The summed E-state index contributed by atoms with van der Waals surface area (Å²) in [5, 5.41) is 5.47. The maximum absolute atomic E-state index is 12.9. The van der Waals surface area contributed by atoms with Gasteiger partial charge in [0.25, 0.3) is 5.91 Å². The minimum atomic E-state index is -4.76. The van der Waals surface area contributed by atoms with E-state index in [2.05, 4.69) is 20.1 Å². The van der Waals surface area contributed by atoms with E-state index in [0.29, 0.717) is 5.69 Å². The number of aromatic nitrogens is 3. The van der Waals surface area contributed by atoms with Crippen LogP contribution in [0, 0.1) is 6.92 Å². The van der Waals surface area contributed by atoms with Crippen LogP contribution in [-0.2, 0) is 18.0 Å². The highest BCUT2D eigenvalue weighted by molar-refractivity contribution is 7.17. The molecule has 11 heteroatoms. The van der Waals surface area contributed by atoms with Gasteiger partial charge in [-0.2, -0.15) is 18.3 Å². The van der Waals surface area contributed by atoms with Crippen molar-refractivity contribution in [1.29, 1.82) is 0 Å². The van der Waals surface area contributed by atoms with Crippen LogP contribution in [-0.4, -0.2) is 33.8 Å². The Bertz CT molecular complexity index is 766. The van der Waals surface area contributed by atoms with Gasteiger partial charge < -0.3 is 4.74 Å². The number of hydrogen-bond acceptors (Lipinski definition) is 6. The van der Waals surface area contributed by atoms with Gasteiger partial charge in [0.15, 0.2) is 10.8 Å². The standard InChI is InChI=1S/C12H11F3N4O3S/c1-5-7(10(21)22-3)23-11(16-5)17-9(20)6-4-19(2)18-8(6)12(13,14)15/h4H,1-3H3,(H,16,17,20). The van der Waals surface area contributed by atoms with E-state index in [1.54, 1.807) is 0 Å². The average Bonchev–Trinajstić information content (AvgIpc) is 3.01. The fraction of sp³-hybridized carbons (Fsp3) is 0.333. The molecule has 0 saturated carbocycles. The maximum Gasteiger partial charge on any atom is 0.435 e. The lowest BCUT2D eigenvalue weighted by molar-refractivity contribution is -0.141. The van der Waals surface area contributed by atoms with Gasteiger partial charge in [-0.15, -0.1) is 0 Å². The number of aryl methyl sites for hydroxylation is 2. The second kappa shape index (κ2) is 5.99. The third kappa shape index (κ3) is 3.50. The molecule has 0 aliphatic heterocycles. The lowest BCUT2D eigenvalue weighted by Gasteiger charge is -2.05. The third-order valence-electron chi connectivity index (χ3n) is 2.73. The molecule has 0 aromatic carbocycles.